The van der Waals surface area contributed by atoms with Crippen molar-refractivity contribution in [2.45, 2.75) is 0 Å². The van der Waals surface area contributed by atoms with Crippen molar-refractivity contribution < 1.29 is 9.18 Å². The number of fused-ring (bicyclic) bond motifs is 3. The van der Waals surface area contributed by atoms with Gasteiger partial charge in [-0.2, -0.15) is 0 Å². The molecular weight excluding hydrogens is 193 g/mol. The van der Waals surface area contributed by atoms with Gasteiger partial charge in [0.15, 0.2) is 5.83 Å². The molecule has 3 heteroatoms. The van der Waals surface area contributed by atoms with Gasteiger partial charge in [0.1, 0.15) is 5.71 Å². The smallest absolute Gasteiger partial charge is 0.240 e. The minimum absolute atomic E-state index is 0.219. The number of hydrogen-bond donors (Lipinski definition) is 0. The second-order valence-corrected chi connectivity index (χ2v) is 3.40. The summed E-state index contributed by atoms with van der Waals surface area (Å²) in [7, 11) is 0. The number of halogens is 1. The molecule has 3 rings (SSSR count). The van der Waals surface area contributed by atoms with E-state index in [1.54, 1.807) is 6.08 Å². The number of rotatable bonds is 0. The van der Waals surface area contributed by atoms with Gasteiger partial charge < -0.3 is 0 Å². The second kappa shape index (κ2) is 2.73. The van der Waals surface area contributed by atoms with Crippen LogP contribution in [0, 0.1) is 0 Å². The van der Waals surface area contributed by atoms with E-state index >= 15 is 0 Å². The van der Waals surface area contributed by atoms with Gasteiger partial charge in [0.25, 0.3) is 0 Å². The molecule has 1 aromatic rings. The zero-order valence-corrected chi connectivity index (χ0v) is 7.70. The Labute approximate surface area is 85.5 Å². The van der Waals surface area contributed by atoms with E-state index in [-0.39, 0.29) is 5.71 Å². The Kier molecular flexibility index (Phi) is 1.51. The quantitative estimate of drug-likeness (QED) is 0.590. The lowest BCUT2D eigenvalue weighted by atomic mass is 9.96. The van der Waals surface area contributed by atoms with Gasteiger partial charge in [-0.15, -0.1) is 0 Å². The third kappa shape index (κ3) is 1.03. The molecule has 0 bridgehead atoms. The average molecular weight is 199 g/mol. The number of nitrogens with zero attached hydrogens (tertiary/aromatic N) is 1. The third-order valence-electron chi connectivity index (χ3n) is 2.51. The molecule has 0 radical (unpaired) electrons. The average Bonchev–Trinajstić information content (AvgIpc) is 2.63. The van der Waals surface area contributed by atoms with Crippen LogP contribution in [0.15, 0.2) is 47.2 Å². The highest BCUT2D eigenvalue weighted by atomic mass is 19.1. The first-order chi connectivity index (χ1) is 7.27. The Morgan fingerprint density at radius 1 is 1.13 bits per heavy atom. The molecule has 0 atom stereocenters. The number of allylic oxidation sites excluding steroid dienone is 4. The number of para-hydroxylation sites is 1. The fourth-order valence-corrected chi connectivity index (χ4v) is 1.79. The standard InChI is InChI=1S/C12H6FNO/c13-9-6-5-8-7-3-1-2-4-10(7)14-11(8)12(9)15/h1-6H. The first-order valence-electron chi connectivity index (χ1n) is 4.58. The molecule has 15 heavy (non-hydrogen) atoms. The van der Waals surface area contributed by atoms with Crippen molar-refractivity contribution in [1.82, 2.24) is 0 Å². The molecule has 0 spiro atoms. The van der Waals surface area contributed by atoms with Crippen molar-refractivity contribution in [3.63, 3.8) is 0 Å². The van der Waals surface area contributed by atoms with E-state index < -0.39 is 11.6 Å². The summed E-state index contributed by atoms with van der Waals surface area (Å²) in [6.45, 7) is 0. The molecule has 72 valence electrons. The summed E-state index contributed by atoms with van der Waals surface area (Å²) < 4.78 is 13.0. The van der Waals surface area contributed by atoms with Crippen LogP contribution >= 0.6 is 0 Å². The van der Waals surface area contributed by atoms with Crippen LogP contribution in [0.5, 0.6) is 0 Å². The molecule has 1 heterocycles. The molecule has 0 unspecified atom stereocenters. The van der Waals surface area contributed by atoms with Crippen LogP contribution in [0.4, 0.5) is 10.1 Å². The zero-order valence-electron chi connectivity index (χ0n) is 7.70. The van der Waals surface area contributed by atoms with E-state index in [1.165, 1.54) is 6.08 Å². The van der Waals surface area contributed by atoms with E-state index in [1.807, 2.05) is 24.3 Å². The van der Waals surface area contributed by atoms with Gasteiger partial charge in [-0.1, -0.05) is 18.2 Å². The van der Waals surface area contributed by atoms with Crippen LogP contribution in [0.2, 0.25) is 0 Å². The van der Waals surface area contributed by atoms with Crippen LogP contribution in [0.1, 0.15) is 5.56 Å². The van der Waals surface area contributed by atoms with E-state index in [2.05, 4.69) is 4.99 Å². The minimum Gasteiger partial charge on any atom is -0.284 e. The van der Waals surface area contributed by atoms with Crippen LogP contribution in [0.3, 0.4) is 0 Å². The van der Waals surface area contributed by atoms with Gasteiger partial charge in [0, 0.05) is 11.1 Å². The number of aliphatic imine (C=N–C) groups is 1. The van der Waals surface area contributed by atoms with Crippen molar-refractivity contribution >= 4 is 22.8 Å². The molecule has 2 nitrogen and oxygen atoms in total. The number of carbonyl (C=O) groups is 1. The molecule has 0 aromatic heterocycles. The Morgan fingerprint density at radius 2 is 1.93 bits per heavy atom. The Morgan fingerprint density at radius 3 is 2.80 bits per heavy atom. The Balaban J connectivity index is 2.26. The van der Waals surface area contributed by atoms with Crippen LogP contribution in [-0.2, 0) is 4.79 Å². The second-order valence-electron chi connectivity index (χ2n) is 3.40. The van der Waals surface area contributed by atoms with Crippen LogP contribution < -0.4 is 0 Å². The summed E-state index contributed by atoms with van der Waals surface area (Å²) in [5.41, 5.74) is 2.56. The first-order valence-corrected chi connectivity index (χ1v) is 4.58. The maximum Gasteiger partial charge on any atom is 0.240 e. The molecule has 2 aliphatic rings. The SMILES string of the molecule is O=C1C(F)=CC=C2C1=Nc1ccccc12. The molecule has 1 aliphatic carbocycles. The molecule has 0 fully saturated rings. The predicted molar refractivity (Wildman–Crippen MR) is 55.7 cm³/mol. The minimum atomic E-state index is -0.745. The fraction of sp³-hybridized carbons (Fsp3) is 0. The van der Waals surface area contributed by atoms with Crippen LogP contribution in [-0.4, -0.2) is 11.5 Å². The van der Waals surface area contributed by atoms with Crippen molar-refractivity contribution in [2.24, 2.45) is 4.99 Å². The van der Waals surface area contributed by atoms with Gasteiger partial charge in [-0.25, -0.2) is 9.38 Å². The lowest BCUT2D eigenvalue weighted by Gasteiger charge is -2.05. The third-order valence-corrected chi connectivity index (χ3v) is 2.51. The van der Waals surface area contributed by atoms with Crippen molar-refractivity contribution in [3.8, 4) is 0 Å². The van der Waals surface area contributed by atoms with E-state index in [9.17, 15) is 9.18 Å². The van der Waals surface area contributed by atoms with Crippen molar-refractivity contribution in [2.75, 3.05) is 0 Å². The van der Waals surface area contributed by atoms with Gasteiger partial charge in [-0.05, 0) is 18.2 Å². The molecule has 0 amide bonds. The molecule has 0 saturated heterocycles. The number of hydrogen-bond acceptors (Lipinski definition) is 2. The van der Waals surface area contributed by atoms with Gasteiger partial charge in [0.05, 0.1) is 5.69 Å². The summed E-state index contributed by atoms with van der Waals surface area (Å²) in [5.74, 6) is -1.37. The van der Waals surface area contributed by atoms with E-state index in [0.29, 0.717) is 0 Å². The molecule has 0 saturated carbocycles. The van der Waals surface area contributed by atoms with Crippen molar-refractivity contribution in [3.05, 3.63) is 47.8 Å². The predicted octanol–water partition coefficient (Wildman–Crippen LogP) is 2.59. The molecule has 1 aromatic carbocycles. The molecular formula is C12H6FNO. The first kappa shape index (κ1) is 8.29. The lowest BCUT2D eigenvalue weighted by molar-refractivity contribution is -0.110. The van der Waals surface area contributed by atoms with E-state index in [4.69, 9.17) is 0 Å². The van der Waals surface area contributed by atoms with Crippen molar-refractivity contribution in [1.29, 1.82) is 0 Å². The number of ketones is 1. The maximum atomic E-state index is 13.0. The zero-order chi connectivity index (χ0) is 10.4. The van der Waals surface area contributed by atoms with E-state index in [0.717, 1.165) is 16.8 Å². The monoisotopic (exact) mass is 199 g/mol. The van der Waals surface area contributed by atoms with Gasteiger partial charge in [-0.3, -0.25) is 4.79 Å². The highest BCUT2D eigenvalue weighted by Crippen LogP contribution is 2.37. The normalized spacial score (nSPS) is 17.7. The summed E-state index contributed by atoms with van der Waals surface area (Å²) in [5, 5.41) is 0. The van der Waals surface area contributed by atoms with Gasteiger partial charge >= 0.3 is 0 Å². The number of Topliss-reactive ketones (excluding diaryl/α,β-unsaturated/α-hetero) is 1. The number of benzene rings is 1. The highest BCUT2D eigenvalue weighted by molar-refractivity contribution is 6.62. The highest BCUT2D eigenvalue weighted by Gasteiger charge is 2.30. The Bertz CT molecular complexity index is 567. The fourth-order valence-electron chi connectivity index (χ4n) is 1.79. The lowest BCUT2D eigenvalue weighted by Crippen LogP contribution is -2.16. The molecule has 1 aliphatic heterocycles. The van der Waals surface area contributed by atoms with Crippen LogP contribution in [0.25, 0.3) is 5.57 Å². The summed E-state index contributed by atoms with van der Waals surface area (Å²) in [6, 6.07) is 7.40. The topological polar surface area (TPSA) is 29.4 Å². The molecule has 0 N–H and O–H groups in total. The summed E-state index contributed by atoms with van der Waals surface area (Å²) in [6.07, 6.45) is 2.79. The Hall–Kier alpha value is -2.03. The van der Waals surface area contributed by atoms with Gasteiger partial charge in [0.2, 0.25) is 5.78 Å². The number of carbonyl (C=O) groups excluding carboxylic acids is 1. The maximum absolute atomic E-state index is 13.0. The summed E-state index contributed by atoms with van der Waals surface area (Å²) in [4.78, 5) is 15.6. The summed E-state index contributed by atoms with van der Waals surface area (Å²) >= 11 is 0. The largest absolute Gasteiger partial charge is 0.284 e.